The van der Waals surface area contributed by atoms with Crippen molar-refractivity contribution in [3.05, 3.63) is 90.0 Å². The summed E-state index contributed by atoms with van der Waals surface area (Å²) >= 11 is 0. The van der Waals surface area contributed by atoms with E-state index >= 15 is 0 Å². The van der Waals surface area contributed by atoms with Crippen molar-refractivity contribution in [3.8, 4) is 5.75 Å². The first-order valence-electron chi connectivity index (χ1n) is 8.61. The van der Waals surface area contributed by atoms with Crippen LogP contribution in [0.3, 0.4) is 0 Å². The first kappa shape index (κ1) is 16.1. The van der Waals surface area contributed by atoms with E-state index in [4.69, 9.17) is 5.10 Å². The van der Waals surface area contributed by atoms with Crippen LogP contribution in [0.15, 0.2) is 89.0 Å². The second-order valence-electron chi connectivity index (χ2n) is 6.15. The van der Waals surface area contributed by atoms with Crippen LogP contribution in [0.1, 0.15) is 17.5 Å². The number of hydrogen-bond acceptors (Lipinski definition) is 4. The van der Waals surface area contributed by atoms with Crippen molar-refractivity contribution in [2.75, 3.05) is 11.6 Å². The Kier molecular flexibility index (Phi) is 4.48. The van der Waals surface area contributed by atoms with Crippen molar-refractivity contribution in [1.82, 2.24) is 0 Å². The zero-order valence-electron chi connectivity index (χ0n) is 14.3. The number of hydrogen-bond donors (Lipinski definition) is 1. The van der Waals surface area contributed by atoms with Crippen LogP contribution in [0, 0.1) is 0 Å². The SMILES string of the molecule is Oc1ccc(N=Cc2ccc(N3CCC(c4ccccc4)=N3)cc2)cc1. The highest BCUT2D eigenvalue weighted by atomic mass is 16.3. The summed E-state index contributed by atoms with van der Waals surface area (Å²) in [5.74, 6) is 0.245. The van der Waals surface area contributed by atoms with Gasteiger partial charge in [0.1, 0.15) is 5.75 Å². The van der Waals surface area contributed by atoms with Gasteiger partial charge in [0.05, 0.1) is 17.1 Å². The van der Waals surface area contributed by atoms with Crippen LogP contribution >= 0.6 is 0 Å². The maximum absolute atomic E-state index is 9.30. The topological polar surface area (TPSA) is 48.2 Å². The van der Waals surface area contributed by atoms with Gasteiger partial charge < -0.3 is 5.11 Å². The molecular formula is C22H19N3O. The van der Waals surface area contributed by atoms with Gasteiger partial charge in [0.2, 0.25) is 0 Å². The number of phenolic OH excluding ortho intramolecular Hbond substituents is 1. The molecule has 4 heteroatoms. The lowest BCUT2D eigenvalue weighted by Gasteiger charge is -2.13. The molecule has 128 valence electrons. The normalized spacial score (nSPS) is 14.0. The molecule has 26 heavy (non-hydrogen) atoms. The first-order chi connectivity index (χ1) is 12.8. The predicted octanol–water partition coefficient (Wildman–Crippen LogP) is 4.76. The summed E-state index contributed by atoms with van der Waals surface area (Å²) in [6.45, 7) is 0.894. The van der Waals surface area contributed by atoms with Gasteiger partial charge in [0, 0.05) is 19.2 Å². The van der Waals surface area contributed by atoms with E-state index in [1.165, 1.54) is 5.56 Å². The van der Waals surface area contributed by atoms with Crippen LogP contribution in [0.2, 0.25) is 0 Å². The number of rotatable bonds is 4. The van der Waals surface area contributed by atoms with E-state index in [9.17, 15) is 5.11 Å². The standard InChI is InChI=1S/C22H19N3O/c26-21-12-8-19(9-13-21)23-16-17-6-10-20(11-7-17)25-15-14-22(24-25)18-4-2-1-3-5-18/h1-13,16,26H,14-15H2. The predicted molar refractivity (Wildman–Crippen MR) is 107 cm³/mol. The molecule has 0 bridgehead atoms. The molecule has 3 aromatic carbocycles. The number of hydrazone groups is 1. The zero-order valence-corrected chi connectivity index (χ0v) is 14.3. The van der Waals surface area contributed by atoms with Crippen molar-refractivity contribution in [1.29, 1.82) is 0 Å². The minimum Gasteiger partial charge on any atom is -0.508 e. The van der Waals surface area contributed by atoms with Crippen molar-refractivity contribution in [2.45, 2.75) is 6.42 Å². The lowest BCUT2D eigenvalue weighted by atomic mass is 10.1. The summed E-state index contributed by atoms with van der Waals surface area (Å²) in [5.41, 5.74) is 5.23. The second-order valence-corrected chi connectivity index (χ2v) is 6.15. The Morgan fingerprint density at radius 1 is 0.885 bits per heavy atom. The van der Waals surface area contributed by atoms with Crippen LogP contribution in [0.5, 0.6) is 5.75 Å². The van der Waals surface area contributed by atoms with Gasteiger partial charge in [-0.3, -0.25) is 10.0 Å². The molecule has 0 saturated heterocycles. The van der Waals surface area contributed by atoms with E-state index in [1.54, 1.807) is 24.3 Å². The number of nitrogens with zero attached hydrogens (tertiary/aromatic N) is 3. The Bertz CT molecular complexity index is 929. The first-order valence-corrected chi connectivity index (χ1v) is 8.61. The highest BCUT2D eigenvalue weighted by Crippen LogP contribution is 2.22. The van der Waals surface area contributed by atoms with E-state index in [0.717, 1.165) is 35.6 Å². The molecule has 1 aliphatic heterocycles. The van der Waals surface area contributed by atoms with E-state index in [2.05, 4.69) is 29.3 Å². The highest BCUT2D eigenvalue weighted by molar-refractivity contribution is 6.02. The van der Waals surface area contributed by atoms with Gasteiger partial charge in [0.25, 0.3) is 0 Å². The van der Waals surface area contributed by atoms with Crippen LogP contribution in [-0.2, 0) is 0 Å². The maximum atomic E-state index is 9.30. The molecule has 0 spiro atoms. The molecule has 1 aliphatic rings. The summed E-state index contributed by atoms with van der Waals surface area (Å²) < 4.78 is 0. The second kappa shape index (κ2) is 7.23. The molecule has 0 saturated carbocycles. The largest absolute Gasteiger partial charge is 0.508 e. The third kappa shape index (κ3) is 3.64. The van der Waals surface area contributed by atoms with Gasteiger partial charge in [-0.15, -0.1) is 0 Å². The third-order valence-electron chi connectivity index (χ3n) is 4.31. The quantitative estimate of drug-likeness (QED) is 0.696. The van der Waals surface area contributed by atoms with E-state index in [-0.39, 0.29) is 5.75 Å². The minimum atomic E-state index is 0.245. The summed E-state index contributed by atoms with van der Waals surface area (Å²) in [5, 5.41) is 16.1. The molecule has 1 N–H and O–H groups in total. The van der Waals surface area contributed by atoms with E-state index < -0.39 is 0 Å². The van der Waals surface area contributed by atoms with Crippen molar-refractivity contribution >= 4 is 23.3 Å². The highest BCUT2D eigenvalue weighted by Gasteiger charge is 2.16. The Morgan fingerprint density at radius 3 is 2.35 bits per heavy atom. The van der Waals surface area contributed by atoms with Gasteiger partial charge in [-0.25, -0.2) is 0 Å². The van der Waals surface area contributed by atoms with Gasteiger partial charge in [-0.05, 0) is 47.5 Å². The molecule has 0 atom stereocenters. The molecular weight excluding hydrogens is 322 g/mol. The maximum Gasteiger partial charge on any atom is 0.115 e. The lowest BCUT2D eigenvalue weighted by Crippen LogP contribution is -2.11. The fraction of sp³-hybridized carbons (Fsp3) is 0.0909. The fourth-order valence-electron chi connectivity index (χ4n) is 2.90. The van der Waals surface area contributed by atoms with Crippen molar-refractivity contribution in [3.63, 3.8) is 0 Å². The van der Waals surface area contributed by atoms with Gasteiger partial charge in [-0.1, -0.05) is 42.5 Å². The Balaban J connectivity index is 1.46. The Labute approximate surface area is 152 Å². The van der Waals surface area contributed by atoms with Gasteiger partial charge in [0.15, 0.2) is 0 Å². The molecule has 1 heterocycles. The van der Waals surface area contributed by atoms with Crippen LogP contribution in [0.4, 0.5) is 11.4 Å². The van der Waals surface area contributed by atoms with Crippen LogP contribution in [0.25, 0.3) is 0 Å². The number of aliphatic imine (C=N–C) groups is 1. The molecule has 4 rings (SSSR count). The fourth-order valence-corrected chi connectivity index (χ4v) is 2.90. The van der Waals surface area contributed by atoms with Gasteiger partial charge in [-0.2, -0.15) is 5.10 Å². The van der Waals surface area contributed by atoms with Crippen LogP contribution < -0.4 is 5.01 Å². The monoisotopic (exact) mass is 341 g/mol. The van der Waals surface area contributed by atoms with Crippen molar-refractivity contribution in [2.24, 2.45) is 10.1 Å². The number of aromatic hydroxyl groups is 1. The smallest absolute Gasteiger partial charge is 0.115 e. The summed E-state index contributed by atoms with van der Waals surface area (Å²) in [6, 6.07) is 25.3. The summed E-state index contributed by atoms with van der Waals surface area (Å²) in [4.78, 5) is 4.42. The van der Waals surface area contributed by atoms with Gasteiger partial charge >= 0.3 is 0 Å². The lowest BCUT2D eigenvalue weighted by molar-refractivity contribution is 0.475. The van der Waals surface area contributed by atoms with Crippen molar-refractivity contribution < 1.29 is 5.11 Å². The minimum absolute atomic E-state index is 0.245. The average Bonchev–Trinajstić information content (AvgIpc) is 3.19. The molecule has 0 aliphatic carbocycles. The van der Waals surface area contributed by atoms with E-state index in [1.807, 2.05) is 41.6 Å². The average molecular weight is 341 g/mol. The number of anilines is 1. The number of benzene rings is 3. The molecule has 4 nitrogen and oxygen atoms in total. The molecule has 0 radical (unpaired) electrons. The molecule has 0 fully saturated rings. The zero-order chi connectivity index (χ0) is 17.8. The summed E-state index contributed by atoms with van der Waals surface area (Å²) in [7, 11) is 0. The molecule has 0 aromatic heterocycles. The Hall–Kier alpha value is -3.40. The van der Waals surface area contributed by atoms with Crippen LogP contribution in [-0.4, -0.2) is 23.6 Å². The van der Waals surface area contributed by atoms with E-state index in [0.29, 0.717) is 0 Å². The molecule has 0 amide bonds. The molecule has 3 aromatic rings. The summed E-state index contributed by atoms with van der Waals surface area (Å²) in [6.07, 6.45) is 2.77. The number of phenols is 1. The third-order valence-corrected chi connectivity index (χ3v) is 4.31. The Morgan fingerprint density at radius 2 is 1.62 bits per heavy atom. The molecule has 0 unspecified atom stereocenters.